The van der Waals surface area contributed by atoms with Crippen molar-refractivity contribution in [3.63, 3.8) is 0 Å². The van der Waals surface area contributed by atoms with Crippen LogP contribution >= 0.6 is 15.9 Å². The molecule has 0 aliphatic rings. The van der Waals surface area contributed by atoms with Crippen molar-refractivity contribution in [1.29, 1.82) is 0 Å². The molecule has 3 N–H and O–H groups in total. The molecule has 0 fully saturated rings. The molecule has 1 aromatic heterocycles. The third kappa shape index (κ3) is 4.07. The Morgan fingerprint density at radius 1 is 1.59 bits per heavy atom. The molecule has 0 saturated carbocycles. The quantitative estimate of drug-likeness (QED) is 0.252. The number of hydrazine groups is 1. The van der Waals surface area contributed by atoms with Gasteiger partial charge in [-0.1, -0.05) is 0 Å². The number of nitro groups is 1. The van der Waals surface area contributed by atoms with Gasteiger partial charge in [-0.3, -0.25) is 10.2 Å². The Morgan fingerprint density at radius 3 is 2.82 bits per heavy atom. The average molecular weight is 307 g/mol. The summed E-state index contributed by atoms with van der Waals surface area (Å²) in [6.07, 6.45) is 1.57. The Morgan fingerprint density at radius 2 is 2.29 bits per heavy atom. The lowest BCUT2D eigenvalue weighted by molar-refractivity contribution is -0.394. The van der Waals surface area contributed by atoms with Crippen LogP contribution in [0.5, 0.6) is 0 Å². The summed E-state index contributed by atoms with van der Waals surface area (Å²) in [4.78, 5) is 24.2. The van der Waals surface area contributed by atoms with E-state index in [0.29, 0.717) is 30.5 Å². The first kappa shape index (κ1) is 13.5. The molecule has 0 bridgehead atoms. The molecule has 9 nitrogen and oxygen atoms in total. The summed E-state index contributed by atoms with van der Waals surface area (Å²) in [6, 6.07) is 0. The van der Waals surface area contributed by atoms with E-state index in [4.69, 9.17) is 5.84 Å². The van der Waals surface area contributed by atoms with Gasteiger partial charge >= 0.3 is 5.95 Å². The summed E-state index contributed by atoms with van der Waals surface area (Å²) in [5.74, 6) is 4.23. The lowest BCUT2D eigenvalue weighted by atomic mass is 10.2. The molecule has 1 heterocycles. The van der Waals surface area contributed by atoms with Gasteiger partial charge in [0.1, 0.15) is 0 Å². The Balaban J connectivity index is 2.41. The molecule has 0 unspecified atom stereocenters. The minimum Gasteiger partial charge on any atom is -0.390 e. The molecule has 10 heteroatoms. The van der Waals surface area contributed by atoms with Crippen molar-refractivity contribution in [3.05, 3.63) is 14.8 Å². The summed E-state index contributed by atoms with van der Waals surface area (Å²) in [5, 5.41) is 14.1. The number of hydrogen-bond donors (Lipinski definition) is 2. The lowest BCUT2D eigenvalue weighted by Crippen LogP contribution is -2.29. The van der Waals surface area contributed by atoms with Gasteiger partial charge in [-0.2, -0.15) is 4.68 Å². The zero-order valence-corrected chi connectivity index (χ0v) is 10.4. The van der Waals surface area contributed by atoms with Crippen LogP contribution in [0.3, 0.4) is 0 Å². The van der Waals surface area contributed by atoms with E-state index in [1.807, 2.05) is 5.43 Å². The molecule has 0 atom stereocenters. The molecule has 1 rings (SSSR count). The molecule has 1 amide bonds. The second-order valence-electron chi connectivity index (χ2n) is 3.19. The lowest BCUT2D eigenvalue weighted by Gasteiger charge is -1.99. The molecular formula is C7H11BrN6O3. The van der Waals surface area contributed by atoms with Gasteiger partial charge in [-0.05, 0) is 22.7 Å². The number of nitrogens with two attached hydrogens (primary N) is 1. The minimum absolute atomic E-state index is 0.242. The molecule has 0 aliphatic heterocycles. The maximum absolute atomic E-state index is 10.8. The van der Waals surface area contributed by atoms with Gasteiger partial charge in [0.15, 0.2) is 0 Å². The maximum atomic E-state index is 10.8. The minimum atomic E-state index is -0.664. The van der Waals surface area contributed by atoms with E-state index < -0.39 is 10.9 Å². The molecule has 0 saturated heterocycles. The van der Waals surface area contributed by atoms with E-state index >= 15 is 0 Å². The molecule has 0 aromatic carbocycles. The van der Waals surface area contributed by atoms with E-state index in [1.54, 1.807) is 0 Å². The number of nitrogens with one attached hydrogen (secondary N) is 1. The van der Waals surface area contributed by atoms with Crippen molar-refractivity contribution < 1.29 is 9.72 Å². The number of hydrogen-bond acceptors (Lipinski definition) is 6. The number of aromatic nitrogens is 3. The third-order valence-corrected chi connectivity index (χ3v) is 2.55. The zero-order chi connectivity index (χ0) is 12.8. The van der Waals surface area contributed by atoms with Gasteiger partial charge in [0.25, 0.3) is 4.73 Å². The second kappa shape index (κ2) is 6.25. The van der Waals surface area contributed by atoms with Crippen LogP contribution in [-0.2, 0) is 11.3 Å². The molecule has 94 valence electrons. The van der Waals surface area contributed by atoms with Crippen LogP contribution in [0.15, 0.2) is 4.73 Å². The summed E-state index contributed by atoms with van der Waals surface area (Å²) in [5.41, 5.74) is 2.02. The van der Waals surface area contributed by atoms with Crippen molar-refractivity contribution in [2.75, 3.05) is 0 Å². The Hall–Kier alpha value is -1.55. The number of nitrogens with zero attached hydrogens (tertiary/aromatic N) is 4. The predicted octanol–water partition coefficient (Wildman–Crippen LogP) is 0.109. The van der Waals surface area contributed by atoms with Gasteiger partial charge in [0, 0.05) is 27.4 Å². The molecule has 0 radical (unpaired) electrons. The second-order valence-corrected chi connectivity index (χ2v) is 3.89. The summed E-state index contributed by atoms with van der Waals surface area (Å²) in [6.45, 7) is 0.444. The van der Waals surface area contributed by atoms with Crippen LogP contribution in [0.2, 0.25) is 0 Å². The number of halogens is 1. The van der Waals surface area contributed by atoms with Crippen molar-refractivity contribution in [2.45, 2.75) is 25.8 Å². The van der Waals surface area contributed by atoms with Crippen LogP contribution in [0, 0.1) is 10.1 Å². The highest BCUT2D eigenvalue weighted by Gasteiger charge is 2.18. The standard InChI is InChI=1S/C7H11BrN6O3/c8-6-10-7(14(16)17)12-13(6)4-2-1-3-5(15)11-9/h1-4,9H2,(H,11,15). The zero-order valence-electron chi connectivity index (χ0n) is 8.80. The number of carbonyl (C=O) groups is 1. The van der Waals surface area contributed by atoms with Gasteiger partial charge in [0.05, 0.1) is 6.54 Å². The van der Waals surface area contributed by atoms with E-state index in [0.717, 1.165) is 0 Å². The first-order valence-corrected chi connectivity index (χ1v) is 5.58. The fourth-order valence-electron chi connectivity index (χ4n) is 1.15. The van der Waals surface area contributed by atoms with E-state index in [2.05, 4.69) is 26.0 Å². The Labute approximate surface area is 105 Å². The summed E-state index contributed by atoms with van der Waals surface area (Å²) >= 11 is 3.07. The normalized spacial score (nSPS) is 10.2. The number of rotatable bonds is 6. The van der Waals surface area contributed by atoms with Crippen molar-refractivity contribution >= 4 is 27.8 Å². The monoisotopic (exact) mass is 306 g/mol. The smallest absolute Gasteiger partial charge is 0.390 e. The molecule has 17 heavy (non-hydrogen) atoms. The highest BCUT2D eigenvalue weighted by Crippen LogP contribution is 2.13. The van der Waals surface area contributed by atoms with Gasteiger partial charge in [0.2, 0.25) is 5.91 Å². The first-order chi connectivity index (χ1) is 8.04. The van der Waals surface area contributed by atoms with Gasteiger partial charge in [-0.15, -0.1) is 0 Å². The number of unbranched alkanes of at least 4 members (excludes halogenated alkanes) is 1. The fourth-order valence-corrected chi connectivity index (χ4v) is 1.57. The van der Waals surface area contributed by atoms with Gasteiger partial charge in [-0.25, -0.2) is 5.84 Å². The third-order valence-electron chi connectivity index (χ3n) is 1.96. The number of amides is 1. The SMILES string of the molecule is NNC(=O)CCCCn1nc([N+](=O)[O-])nc1Br. The number of aryl methyl sites for hydroxylation is 1. The highest BCUT2D eigenvalue weighted by molar-refractivity contribution is 9.10. The Bertz CT molecular complexity index is 420. The molecule has 0 aliphatic carbocycles. The molecule has 1 aromatic rings. The van der Waals surface area contributed by atoms with Crippen molar-refractivity contribution in [1.82, 2.24) is 20.2 Å². The van der Waals surface area contributed by atoms with Crippen LogP contribution in [0.25, 0.3) is 0 Å². The van der Waals surface area contributed by atoms with Gasteiger partial charge < -0.3 is 10.1 Å². The largest absolute Gasteiger partial charge is 0.492 e. The van der Waals surface area contributed by atoms with Crippen molar-refractivity contribution in [3.8, 4) is 0 Å². The molecule has 0 spiro atoms. The van der Waals surface area contributed by atoms with Crippen LogP contribution < -0.4 is 11.3 Å². The first-order valence-electron chi connectivity index (χ1n) is 4.78. The Kier molecular flexibility index (Phi) is 4.97. The topological polar surface area (TPSA) is 129 Å². The number of carbonyl (C=O) groups excluding carboxylic acids is 1. The van der Waals surface area contributed by atoms with Crippen LogP contribution in [0.1, 0.15) is 19.3 Å². The molecular weight excluding hydrogens is 296 g/mol. The summed E-state index contributed by atoms with van der Waals surface area (Å²) in [7, 11) is 0. The van der Waals surface area contributed by atoms with E-state index in [1.165, 1.54) is 4.68 Å². The van der Waals surface area contributed by atoms with Crippen molar-refractivity contribution in [2.24, 2.45) is 5.84 Å². The average Bonchev–Trinajstić information content (AvgIpc) is 2.66. The maximum Gasteiger partial charge on any atom is 0.492 e. The van der Waals surface area contributed by atoms with E-state index in [-0.39, 0.29) is 5.91 Å². The van der Waals surface area contributed by atoms with E-state index in [9.17, 15) is 14.9 Å². The van der Waals surface area contributed by atoms with Crippen LogP contribution in [-0.4, -0.2) is 25.6 Å². The fraction of sp³-hybridized carbons (Fsp3) is 0.571. The predicted molar refractivity (Wildman–Crippen MR) is 60.6 cm³/mol. The summed E-state index contributed by atoms with van der Waals surface area (Å²) < 4.78 is 1.67. The van der Waals surface area contributed by atoms with Crippen LogP contribution in [0.4, 0.5) is 5.95 Å². The highest BCUT2D eigenvalue weighted by atomic mass is 79.9.